The third-order valence-electron chi connectivity index (χ3n) is 8.20. The second kappa shape index (κ2) is 9.28. The van der Waals surface area contributed by atoms with Crippen molar-refractivity contribution in [2.24, 2.45) is 4.99 Å². The van der Waals surface area contributed by atoms with Crippen LogP contribution in [0, 0.1) is 0 Å². The zero-order valence-electron chi connectivity index (χ0n) is 20.9. The lowest BCUT2D eigenvalue weighted by atomic mass is 9.69. The summed E-state index contributed by atoms with van der Waals surface area (Å²) in [4.78, 5) is 36.4. The number of nitrogens with one attached hydrogen (secondary N) is 2. The van der Waals surface area contributed by atoms with Crippen LogP contribution in [0.2, 0.25) is 0 Å². The lowest BCUT2D eigenvalue weighted by Crippen LogP contribution is -2.54. The van der Waals surface area contributed by atoms with E-state index in [1.807, 2.05) is 11.8 Å². The molecule has 3 amide bonds. The van der Waals surface area contributed by atoms with Gasteiger partial charge in [0.25, 0.3) is 5.91 Å². The standard InChI is InChI=1S/C26H36N6O3/c1-19-21(17-27-22(28-19)23(33)31-13-15-35-16-14-31)32-18-25(29-24(32)34)9-11-26(12-10-25,30(2)3)20-7-5-4-6-8-20/h4-8,17,19H,9-16,18H2,1-3H3,(H,27,28)(H,29,34). The summed E-state index contributed by atoms with van der Waals surface area (Å²) in [5.74, 6) is 0.208. The molecule has 2 N–H and O–H groups in total. The van der Waals surface area contributed by atoms with Gasteiger partial charge in [-0.2, -0.15) is 0 Å². The number of hydrogen-bond donors (Lipinski definition) is 2. The average molecular weight is 481 g/mol. The Morgan fingerprint density at radius 2 is 1.80 bits per heavy atom. The van der Waals surface area contributed by atoms with Crippen LogP contribution in [-0.2, 0) is 15.1 Å². The predicted molar refractivity (Wildman–Crippen MR) is 134 cm³/mol. The maximum absolute atomic E-state index is 13.1. The van der Waals surface area contributed by atoms with Gasteiger partial charge in [-0.15, -0.1) is 0 Å². The van der Waals surface area contributed by atoms with E-state index in [1.165, 1.54) is 5.56 Å². The zero-order chi connectivity index (χ0) is 24.6. The van der Waals surface area contributed by atoms with Crippen molar-refractivity contribution >= 4 is 17.8 Å². The molecule has 188 valence electrons. The molecule has 2 saturated heterocycles. The first kappa shape index (κ1) is 23.8. The van der Waals surface area contributed by atoms with E-state index in [0.29, 0.717) is 38.7 Å². The van der Waals surface area contributed by atoms with Crippen molar-refractivity contribution in [2.45, 2.75) is 49.7 Å². The zero-order valence-corrected chi connectivity index (χ0v) is 20.9. The molecule has 4 aliphatic rings. The van der Waals surface area contributed by atoms with Gasteiger partial charge < -0.3 is 20.3 Å². The van der Waals surface area contributed by atoms with Crippen LogP contribution in [0.15, 0.2) is 47.2 Å². The summed E-state index contributed by atoms with van der Waals surface area (Å²) < 4.78 is 5.34. The molecule has 1 spiro atoms. The average Bonchev–Trinajstić information content (AvgIpc) is 3.20. The molecule has 0 radical (unpaired) electrons. The van der Waals surface area contributed by atoms with Crippen LogP contribution < -0.4 is 10.6 Å². The van der Waals surface area contributed by atoms with Crippen molar-refractivity contribution in [1.29, 1.82) is 0 Å². The molecule has 1 unspecified atom stereocenters. The number of carbonyl (C=O) groups excluding carboxylic acids is 2. The van der Waals surface area contributed by atoms with E-state index in [-0.39, 0.29) is 29.1 Å². The highest BCUT2D eigenvalue weighted by Crippen LogP contribution is 2.46. The maximum Gasteiger partial charge on any atom is 0.322 e. The maximum atomic E-state index is 13.1. The lowest BCUT2D eigenvalue weighted by molar-refractivity contribution is -0.128. The molecular formula is C26H36N6O3. The van der Waals surface area contributed by atoms with Crippen molar-refractivity contribution in [2.75, 3.05) is 46.9 Å². The Labute approximate surface area is 207 Å². The minimum atomic E-state index is -0.286. The highest BCUT2D eigenvalue weighted by Gasteiger charge is 2.51. The second-order valence-electron chi connectivity index (χ2n) is 10.4. The van der Waals surface area contributed by atoms with E-state index in [9.17, 15) is 9.59 Å². The van der Waals surface area contributed by atoms with Gasteiger partial charge in [0, 0.05) is 24.8 Å². The Bertz CT molecular complexity index is 1020. The van der Waals surface area contributed by atoms with Crippen LogP contribution in [0.4, 0.5) is 4.79 Å². The van der Waals surface area contributed by atoms with Gasteiger partial charge in [-0.3, -0.25) is 19.6 Å². The van der Waals surface area contributed by atoms with Gasteiger partial charge in [0.1, 0.15) is 0 Å². The third-order valence-corrected chi connectivity index (χ3v) is 8.20. The number of carbonyl (C=O) groups is 2. The monoisotopic (exact) mass is 480 g/mol. The number of aliphatic imine (C=N–C) groups is 1. The van der Waals surface area contributed by atoms with Crippen molar-refractivity contribution < 1.29 is 14.3 Å². The molecule has 1 saturated carbocycles. The fourth-order valence-electron chi connectivity index (χ4n) is 5.98. The van der Waals surface area contributed by atoms with E-state index in [4.69, 9.17) is 4.74 Å². The predicted octanol–water partition coefficient (Wildman–Crippen LogP) is 1.87. The fraction of sp³-hybridized carbons (Fsp3) is 0.577. The van der Waals surface area contributed by atoms with Crippen LogP contribution in [0.3, 0.4) is 0 Å². The largest absolute Gasteiger partial charge is 0.378 e. The van der Waals surface area contributed by atoms with Gasteiger partial charge in [0.15, 0.2) is 5.84 Å². The Morgan fingerprint density at radius 1 is 1.11 bits per heavy atom. The van der Waals surface area contributed by atoms with Gasteiger partial charge in [-0.05, 0) is 52.3 Å². The first-order valence-electron chi connectivity index (χ1n) is 12.6. The number of hydrogen-bond acceptors (Lipinski definition) is 6. The number of benzene rings is 1. The highest BCUT2D eigenvalue weighted by atomic mass is 16.5. The SMILES string of the molecule is CC1N=C(C(=O)N2CCOCC2)NC=C1N1CC2(CCC(c3ccccc3)(N(C)C)CC2)NC1=O. The Balaban J connectivity index is 1.27. The minimum absolute atomic E-state index is 0.0251. The normalized spacial score (nSPS) is 31.2. The molecule has 0 aromatic heterocycles. The van der Waals surface area contributed by atoms with Crippen molar-refractivity contribution in [3.8, 4) is 0 Å². The summed E-state index contributed by atoms with van der Waals surface area (Å²) in [7, 11) is 4.30. The van der Waals surface area contributed by atoms with Gasteiger partial charge >= 0.3 is 6.03 Å². The molecule has 5 rings (SSSR count). The fourth-order valence-corrected chi connectivity index (χ4v) is 5.98. The molecule has 0 bridgehead atoms. The molecule has 1 aromatic rings. The summed E-state index contributed by atoms with van der Waals surface area (Å²) in [6.07, 6.45) is 5.53. The number of ether oxygens (including phenoxy) is 1. The molecule has 35 heavy (non-hydrogen) atoms. The first-order chi connectivity index (χ1) is 16.8. The van der Waals surface area contributed by atoms with Gasteiger partial charge in [0.2, 0.25) is 0 Å². The number of nitrogens with zero attached hydrogens (tertiary/aromatic N) is 4. The summed E-state index contributed by atoms with van der Waals surface area (Å²) in [6.45, 7) is 4.78. The quantitative estimate of drug-likeness (QED) is 0.687. The molecular weight excluding hydrogens is 444 g/mol. The molecule has 1 aliphatic carbocycles. The highest BCUT2D eigenvalue weighted by molar-refractivity contribution is 6.38. The van der Waals surface area contributed by atoms with E-state index in [0.717, 1.165) is 31.4 Å². The molecule has 3 fully saturated rings. The minimum Gasteiger partial charge on any atom is -0.378 e. The second-order valence-corrected chi connectivity index (χ2v) is 10.4. The topological polar surface area (TPSA) is 89.5 Å². The van der Waals surface area contributed by atoms with Gasteiger partial charge in [-0.1, -0.05) is 30.3 Å². The number of amidine groups is 1. The van der Waals surface area contributed by atoms with Crippen LogP contribution in [0.5, 0.6) is 0 Å². The number of morpholine rings is 1. The summed E-state index contributed by atoms with van der Waals surface area (Å²) >= 11 is 0. The Kier molecular flexibility index (Phi) is 6.31. The van der Waals surface area contributed by atoms with Crippen LogP contribution in [0.1, 0.15) is 38.2 Å². The van der Waals surface area contributed by atoms with Crippen molar-refractivity contribution in [3.05, 3.63) is 47.8 Å². The van der Waals surface area contributed by atoms with E-state index in [2.05, 4.69) is 65.0 Å². The smallest absolute Gasteiger partial charge is 0.322 e. The Morgan fingerprint density at radius 3 is 2.43 bits per heavy atom. The molecule has 9 nitrogen and oxygen atoms in total. The molecule has 3 aliphatic heterocycles. The molecule has 1 aromatic carbocycles. The number of amides is 3. The van der Waals surface area contributed by atoms with Crippen molar-refractivity contribution in [1.82, 2.24) is 25.3 Å². The number of urea groups is 1. The Hall–Kier alpha value is -2.91. The molecule has 1 atom stereocenters. The van der Waals surface area contributed by atoms with E-state index < -0.39 is 0 Å². The summed E-state index contributed by atoms with van der Waals surface area (Å²) in [5, 5.41) is 6.38. The molecule has 9 heteroatoms. The first-order valence-corrected chi connectivity index (χ1v) is 12.6. The summed E-state index contributed by atoms with van der Waals surface area (Å²) in [6, 6.07) is 10.3. The van der Waals surface area contributed by atoms with Crippen molar-refractivity contribution in [3.63, 3.8) is 0 Å². The van der Waals surface area contributed by atoms with Crippen LogP contribution >= 0.6 is 0 Å². The van der Waals surface area contributed by atoms with E-state index in [1.54, 1.807) is 11.1 Å². The van der Waals surface area contributed by atoms with E-state index >= 15 is 0 Å². The third kappa shape index (κ3) is 4.31. The van der Waals surface area contributed by atoms with Gasteiger partial charge in [-0.25, -0.2) is 4.79 Å². The molecule has 3 heterocycles. The summed E-state index contributed by atoms with van der Waals surface area (Å²) in [5.41, 5.74) is 1.86. The van der Waals surface area contributed by atoms with Gasteiger partial charge in [0.05, 0.1) is 37.0 Å². The van der Waals surface area contributed by atoms with Crippen LogP contribution in [0.25, 0.3) is 0 Å². The van der Waals surface area contributed by atoms with Crippen LogP contribution in [-0.4, -0.2) is 91.0 Å². The number of rotatable bonds is 4. The lowest BCUT2D eigenvalue weighted by Gasteiger charge is -2.48.